The predicted octanol–water partition coefficient (Wildman–Crippen LogP) is 2.94. The summed E-state index contributed by atoms with van der Waals surface area (Å²) in [6.07, 6.45) is 3.76. The van der Waals surface area contributed by atoms with Gasteiger partial charge in [-0.2, -0.15) is 5.10 Å². The zero-order chi connectivity index (χ0) is 15.4. The molecule has 0 saturated heterocycles. The van der Waals surface area contributed by atoms with Crippen LogP contribution in [0, 0.1) is 0 Å². The second-order valence-electron chi connectivity index (χ2n) is 5.50. The number of hydrogen-bond acceptors (Lipinski definition) is 3. The zero-order valence-electron chi connectivity index (χ0n) is 12.8. The summed E-state index contributed by atoms with van der Waals surface area (Å²) in [7, 11) is 0. The summed E-state index contributed by atoms with van der Waals surface area (Å²) >= 11 is 0. The zero-order valence-corrected chi connectivity index (χ0v) is 12.8. The number of nitrogens with zero attached hydrogens (tertiary/aromatic N) is 2. The molecule has 5 heteroatoms. The molecule has 0 aliphatic carbocycles. The molecule has 1 amide bonds. The number of benzene rings is 1. The van der Waals surface area contributed by atoms with Crippen LogP contribution in [0.5, 0.6) is 0 Å². The lowest BCUT2D eigenvalue weighted by Crippen LogP contribution is -2.23. The molecule has 2 heterocycles. The number of anilines is 1. The van der Waals surface area contributed by atoms with Crippen LogP contribution in [-0.4, -0.2) is 22.3 Å². The highest BCUT2D eigenvalue weighted by molar-refractivity contribution is 5.90. The van der Waals surface area contributed by atoms with E-state index in [4.69, 9.17) is 4.74 Å². The molecule has 0 saturated carbocycles. The van der Waals surface area contributed by atoms with E-state index in [0.717, 1.165) is 30.8 Å². The van der Waals surface area contributed by atoms with E-state index in [1.54, 1.807) is 6.20 Å². The number of carbonyl (C=O) groups is 1. The van der Waals surface area contributed by atoms with Gasteiger partial charge in [0.25, 0.3) is 0 Å². The molecule has 0 bridgehead atoms. The molecule has 1 aromatic carbocycles. The highest BCUT2D eigenvalue weighted by atomic mass is 16.5. The van der Waals surface area contributed by atoms with Crippen molar-refractivity contribution in [1.29, 1.82) is 0 Å². The van der Waals surface area contributed by atoms with Crippen LogP contribution in [0.15, 0.2) is 36.5 Å². The maximum absolute atomic E-state index is 12.3. The largest absolute Gasteiger partial charge is 0.373 e. The van der Waals surface area contributed by atoms with E-state index in [0.29, 0.717) is 13.0 Å². The summed E-state index contributed by atoms with van der Waals surface area (Å²) in [5, 5.41) is 7.15. The Morgan fingerprint density at radius 3 is 3.14 bits per heavy atom. The summed E-state index contributed by atoms with van der Waals surface area (Å²) in [4.78, 5) is 12.3. The maximum Gasteiger partial charge on any atom is 0.228 e. The average molecular weight is 299 g/mol. The van der Waals surface area contributed by atoms with E-state index in [9.17, 15) is 4.79 Å². The lowest BCUT2D eigenvalue weighted by molar-refractivity contribution is -0.119. The fraction of sp³-hybridized carbons (Fsp3) is 0.412. The molecular formula is C17H21N3O2. The van der Waals surface area contributed by atoms with Crippen molar-refractivity contribution in [2.24, 2.45) is 0 Å². The second-order valence-corrected chi connectivity index (χ2v) is 5.50. The van der Waals surface area contributed by atoms with Crippen LogP contribution in [0.2, 0.25) is 0 Å². The van der Waals surface area contributed by atoms with Gasteiger partial charge in [-0.1, -0.05) is 31.2 Å². The number of rotatable bonds is 5. The monoisotopic (exact) mass is 299 g/mol. The molecule has 1 N–H and O–H groups in total. The van der Waals surface area contributed by atoms with Crippen molar-refractivity contribution in [3.05, 3.63) is 47.7 Å². The molecule has 3 rings (SSSR count). The number of fused-ring (bicyclic) bond motifs is 1. The average Bonchev–Trinajstić information content (AvgIpc) is 2.95. The third-order valence-electron chi connectivity index (χ3n) is 3.88. The number of ether oxygens (including phenoxy) is 1. The highest BCUT2D eigenvalue weighted by Crippen LogP contribution is 2.29. The second kappa shape index (κ2) is 6.75. The van der Waals surface area contributed by atoms with Crippen LogP contribution >= 0.6 is 0 Å². The Morgan fingerprint density at radius 2 is 2.27 bits per heavy atom. The topological polar surface area (TPSA) is 56.2 Å². The van der Waals surface area contributed by atoms with Crippen molar-refractivity contribution in [2.75, 3.05) is 11.9 Å². The Kier molecular flexibility index (Phi) is 4.53. The van der Waals surface area contributed by atoms with E-state index in [1.807, 2.05) is 28.9 Å². The Morgan fingerprint density at radius 1 is 1.41 bits per heavy atom. The van der Waals surface area contributed by atoms with Crippen molar-refractivity contribution in [3.63, 3.8) is 0 Å². The van der Waals surface area contributed by atoms with Crippen molar-refractivity contribution in [2.45, 2.75) is 38.8 Å². The van der Waals surface area contributed by atoms with Gasteiger partial charge in [0.05, 0.1) is 25.3 Å². The lowest BCUT2D eigenvalue weighted by Gasteiger charge is -2.25. The number of aryl methyl sites for hydroxylation is 1. The van der Waals surface area contributed by atoms with Crippen molar-refractivity contribution < 1.29 is 9.53 Å². The van der Waals surface area contributed by atoms with Crippen LogP contribution in [0.3, 0.4) is 0 Å². The van der Waals surface area contributed by atoms with Gasteiger partial charge in [0.2, 0.25) is 5.91 Å². The van der Waals surface area contributed by atoms with Crippen LogP contribution in [-0.2, 0) is 22.5 Å². The Balaban J connectivity index is 1.66. The maximum atomic E-state index is 12.3. The smallest absolute Gasteiger partial charge is 0.228 e. The van der Waals surface area contributed by atoms with Crippen molar-refractivity contribution in [1.82, 2.24) is 9.78 Å². The lowest BCUT2D eigenvalue weighted by atomic mass is 9.96. The fourth-order valence-corrected chi connectivity index (χ4v) is 2.84. The van der Waals surface area contributed by atoms with Crippen molar-refractivity contribution in [3.8, 4) is 0 Å². The van der Waals surface area contributed by atoms with E-state index < -0.39 is 0 Å². The minimum absolute atomic E-state index is 0.0421. The minimum Gasteiger partial charge on any atom is -0.373 e. The van der Waals surface area contributed by atoms with Crippen LogP contribution < -0.4 is 5.32 Å². The third-order valence-corrected chi connectivity index (χ3v) is 3.88. The summed E-state index contributed by atoms with van der Waals surface area (Å²) in [6, 6.07) is 10.0. The molecule has 0 spiro atoms. The van der Waals surface area contributed by atoms with Gasteiger partial charge in [-0.3, -0.25) is 4.79 Å². The number of amides is 1. The standard InChI is InChI=1S/C17H21N3O2/c1-2-10-20-16(7-9-18-20)19-17(21)12-15-14-6-4-3-5-13(14)8-11-22-15/h3-7,9,15H,2,8,10-12H2,1H3,(H,19,21). The Bertz CT molecular complexity index is 651. The van der Waals surface area contributed by atoms with Crippen LogP contribution in [0.1, 0.15) is 37.0 Å². The molecular weight excluding hydrogens is 278 g/mol. The Labute approximate surface area is 130 Å². The van der Waals surface area contributed by atoms with Crippen LogP contribution in [0.4, 0.5) is 5.82 Å². The van der Waals surface area contributed by atoms with E-state index in [-0.39, 0.29) is 12.0 Å². The van der Waals surface area contributed by atoms with Gasteiger partial charge in [0, 0.05) is 12.6 Å². The molecule has 116 valence electrons. The SMILES string of the molecule is CCCn1nccc1NC(=O)CC1OCCc2ccccc21. The highest BCUT2D eigenvalue weighted by Gasteiger charge is 2.23. The van der Waals surface area contributed by atoms with Gasteiger partial charge in [0.1, 0.15) is 5.82 Å². The molecule has 0 fully saturated rings. The number of hydrogen-bond donors (Lipinski definition) is 1. The third kappa shape index (κ3) is 3.20. The van der Waals surface area contributed by atoms with E-state index in [2.05, 4.69) is 23.4 Å². The molecule has 1 atom stereocenters. The first-order valence-electron chi connectivity index (χ1n) is 7.79. The van der Waals surface area contributed by atoms with Gasteiger partial charge in [-0.05, 0) is 24.0 Å². The number of nitrogens with one attached hydrogen (secondary N) is 1. The molecule has 0 radical (unpaired) electrons. The minimum atomic E-state index is -0.160. The van der Waals surface area contributed by atoms with E-state index >= 15 is 0 Å². The van der Waals surface area contributed by atoms with Gasteiger partial charge in [-0.15, -0.1) is 0 Å². The molecule has 1 aliphatic rings. The molecule has 1 aromatic heterocycles. The summed E-state index contributed by atoms with van der Waals surface area (Å²) in [5.74, 6) is 0.704. The van der Waals surface area contributed by atoms with Gasteiger partial charge in [0.15, 0.2) is 0 Å². The first kappa shape index (κ1) is 14.8. The summed E-state index contributed by atoms with van der Waals surface area (Å²) in [6.45, 7) is 3.55. The number of carbonyl (C=O) groups excluding carboxylic acids is 1. The first-order valence-corrected chi connectivity index (χ1v) is 7.79. The number of aromatic nitrogens is 2. The molecule has 22 heavy (non-hydrogen) atoms. The fourth-order valence-electron chi connectivity index (χ4n) is 2.84. The van der Waals surface area contributed by atoms with Gasteiger partial charge >= 0.3 is 0 Å². The first-order chi connectivity index (χ1) is 10.8. The van der Waals surface area contributed by atoms with Gasteiger partial charge in [-0.25, -0.2) is 4.68 Å². The quantitative estimate of drug-likeness (QED) is 0.923. The van der Waals surface area contributed by atoms with Gasteiger partial charge < -0.3 is 10.1 Å². The Hall–Kier alpha value is -2.14. The predicted molar refractivity (Wildman–Crippen MR) is 84.6 cm³/mol. The molecule has 5 nitrogen and oxygen atoms in total. The summed E-state index contributed by atoms with van der Waals surface area (Å²) in [5.41, 5.74) is 2.41. The van der Waals surface area contributed by atoms with E-state index in [1.165, 1.54) is 5.56 Å². The molecule has 1 aliphatic heterocycles. The molecule has 1 unspecified atom stereocenters. The molecule has 2 aromatic rings. The normalized spacial score (nSPS) is 17.0. The summed E-state index contributed by atoms with van der Waals surface area (Å²) < 4.78 is 7.60. The van der Waals surface area contributed by atoms with Crippen molar-refractivity contribution >= 4 is 11.7 Å². The van der Waals surface area contributed by atoms with Crippen LogP contribution in [0.25, 0.3) is 0 Å².